The highest BCUT2D eigenvalue weighted by Crippen LogP contribution is 2.26. The molecule has 0 aliphatic heterocycles. The van der Waals surface area contributed by atoms with Crippen LogP contribution in [0.5, 0.6) is 0 Å². The lowest BCUT2D eigenvalue weighted by Crippen LogP contribution is -2.13. The van der Waals surface area contributed by atoms with E-state index in [1.807, 2.05) is 0 Å². The first kappa shape index (κ1) is 12.8. The summed E-state index contributed by atoms with van der Waals surface area (Å²) in [6.45, 7) is 1.81. The van der Waals surface area contributed by atoms with Crippen LogP contribution in [0.15, 0.2) is 34.5 Å². The quantitative estimate of drug-likeness (QED) is 0.852. The maximum atomic E-state index is 13.0. The average Bonchev–Trinajstić information content (AvgIpc) is 2.71. The van der Waals surface area contributed by atoms with Gasteiger partial charge in [-0.25, -0.2) is 12.8 Å². The Hall–Kier alpha value is -1.60. The Balaban J connectivity index is 2.36. The fourth-order valence-corrected chi connectivity index (χ4v) is 3.73. The van der Waals surface area contributed by atoms with E-state index in [-0.39, 0.29) is 15.6 Å². The van der Waals surface area contributed by atoms with Gasteiger partial charge in [0.2, 0.25) is 0 Å². The van der Waals surface area contributed by atoms with Crippen molar-refractivity contribution in [3.05, 3.63) is 41.0 Å². The molecular weight excluding hydrogens is 275 g/mol. The van der Waals surface area contributed by atoms with Crippen LogP contribution in [-0.4, -0.2) is 8.42 Å². The molecule has 18 heavy (non-hydrogen) atoms. The summed E-state index contributed by atoms with van der Waals surface area (Å²) in [6, 6.07) is 6.73. The number of anilines is 2. The number of nitrogen functional groups attached to an aromatic ring is 1. The molecule has 0 atom stereocenters. The number of hydrogen-bond acceptors (Lipinski definition) is 4. The molecule has 0 bridgehead atoms. The first-order valence-electron chi connectivity index (χ1n) is 5.03. The molecular formula is C11H11FN2O2S2. The van der Waals surface area contributed by atoms with Crippen LogP contribution < -0.4 is 10.5 Å². The number of benzene rings is 1. The Morgan fingerprint density at radius 1 is 1.28 bits per heavy atom. The summed E-state index contributed by atoms with van der Waals surface area (Å²) in [7, 11) is -3.71. The molecule has 2 aromatic rings. The summed E-state index contributed by atoms with van der Waals surface area (Å²) in [5.74, 6) is -0.552. The summed E-state index contributed by atoms with van der Waals surface area (Å²) >= 11 is 1.14. The van der Waals surface area contributed by atoms with E-state index in [9.17, 15) is 12.8 Å². The van der Waals surface area contributed by atoms with E-state index < -0.39 is 15.8 Å². The van der Waals surface area contributed by atoms with Gasteiger partial charge in [-0.15, -0.1) is 11.3 Å². The Labute approximate surface area is 108 Å². The van der Waals surface area contributed by atoms with Crippen LogP contribution in [0.4, 0.5) is 15.8 Å². The number of rotatable bonds is 3. The second-order valence-electron chi connectivity index (χ2n) is 3.70. The summed E-state index contributed by atoms with van der Waals surface area (Å²) in [6.07, 6.45) is 0. The SMILES string of the molecule is Cc1ccc(S(=O)(=O)Nc2cc(F)ccc2N)s1. The van der Waals surface area contributed by atoms with Crippen molar-refractivity contribution in [2.45, 2.75) is 11.1 Å². The lowest BCUT2D eigenvalue weighted by atomic mass is 10.3. The highest BCUT2D eigenvalue weighted by Gasteiger charge is 2.17. The smallest absolute Gasteiger partial charge is 0.271 e. The number of aryl methyl sites for hydroxylation is 1. The summed E-state index contributed by atoms with van der Waals surface area (Å²) in [5.41, 5.74) is 5.81. The van der Waals surface area contributed by atoms with E-state index in [0.29, 0.717) is 0 Å². The number of hydrogen-bond donors (Lipinski definition) is 2. The van der Waals surface area contributed by atoms with Gasteiger partial charge in [0.1, 0.15) is 10.0 Å². The number of halogens is 1. The molecule has 1 aromatic carbocycles. The van der Waals surface area contributed by atoms with Gasteiger partial charge in [-0.1, -0.05) is 0 Å². The second-order valence-corrected chi connectivity index (χ2v) is 6.90. The van der Waals surface area contributed by atoms with Crippen LogP contribution in [0.2, 0.25) is 0 Å². The molecule has 96 valence electrons. The van der Waals surface area contributed by atoms with Crippen molar-refractivity contribution in [1.82, 2.24) is 0 Å². The van der Waals surface area contributed by atoms with Crippen molar-refractivity contribution in [3.8, 4) is 0 Å². The van der Waals surface area contributed by atoms with Crippen molar-refractivity contribution in [3.63, 3.8) is 0 Å². The van der Waals surface area contributed by atoms with Gasteiger partial charge in [-0.3, -0.25) is 4.72 Å². The van der Waals surface area contributed by atoms with E-state index in [4.69, 9.17) is 5.73 Å². The van der Waals surface area contributed by atoms with Gasteiger partial charge in [-0.2, -0.15) is 0 Å². The van der Waals surface area contributed by atoms with Gasteiger partial charge in [-0.05, 0) is 31.2 Å². The third kappa shape index (κ3) is 2.62. The number of nitrogens with one attached hydrogen (secondary N) is 1. The van der Waals surface area contributed by atoms with Crippen molar-refractivity contribution in [1.29, 1.82) is 0 Å². The fraction of sp³-hybridized carbons (Fsp3) is 0.0909. The Morgan fingerprint density at radius 3 is 2.61 bits per heavy atom. The third-order valence-electron chi connectivity index (χ3n) is 2.24. The molecule has 0 radical (unpaired) electrons. The van der Waals surface area contributed by atoms with Gasteiger partial charge in [0.25, 0.3) is 10.0 Å². The molecule has 0 aliphatic rings. The van der Waals surface area contributed by atoms with E-state index >= 15 is 0 Å². The molecule has 0 saturated heterocycles. The second kappa shape index (κ2) is 4.58. The standard InChI is InChI=1S/C11H11FN2O2S2/c1-7-2-5-11(17-7)18(15,16)14-10-6-8(12)3-4-9(10)13/h2-6,14H,13H2,1H3. The number of sulfonamides is 1. The zero-order chi connectivity index (χ0) is 13.3. The summed E-state index contributed by atoms with van der Waals surface area (Å²) in [4.78, 5) is 0.877. The Morgan fingerprint density at radius 2 is 2.00 bits per heavy atom. The van der Waals surface area contributed by atoms with Gasteiger partial charge < -0.3 is 5.73 Å². The van der Waals surface area contributed by atoms with Crippen molar-refractivity contribution in [2.75, 3.05) is 10.5 Å². The lowest BCUT2D eigenvalue weighted by molar-refractivity contribution is 0.603. The first-order chi connectivity index (χ1) is 8.38. The molecule has 1 aromatic heterocycles. The fourth-order valence-electron chi connectivity index (χ4n) is 1.37. The lowest BCUT2D eigenvalue weighted by Gasteiger charge is -2.08. The van der Waals surface area contributed by atoms with E-state index in [0.717, 1.165) is 22.3 Å². The molecule has 1 heterocycles. The zero-order valence-electron chi connectivity index (χ0n) is 9.48. The molecule has 2 rings (SSSR count). The number of nitrogens with two attached hydrogens (primary N) is 1. The minimum Gasteiger partial charge on any atom is -0.397 e. The molecule has 0 aliphatic carbocycles. The molecule has 0 fully saturated rings. The molecule has 0 unspecified atom stereocenters. The van der Waals surface area contributed by atoms with Gasteiger partial charge in [0.15, 0.2) is 0 Å². The minimum atomic E-state index is -3.71. The molecule has 0 spiro atoms. The van der Waals surface area contributed by atoms with Gasteiger partial charge >= 0.3 is 0 Å². The minimum absolute atomic E-state index is 0.0426. The van der Waals surface area contributed by atoms with Crippen LogP contribution in [0.3, 0.4) is 0 Å². The van der Waals surface area contributed by atoms with E-state index in [1.165, 1.54) is 18.2 Å². The average molecular weight is 286 g/mol. The third-order valence-corrected chi connectivity index (χ3v) is 5.10. The predicted molar refractivity (Wildman–Crippen MR) is 70.7 cm³/mol. The van der Waals surface area contributed by atoms with Crippen LogP contribution in [0.1, 0.15) is 4.88 Å². The van der Waals surface area contributed by atoms with Gasteiger partial charge in [0.05, 0.1) is 11.4 Å². The normalized spacial score (nSPS) is 11.4. The van der Waals surface area contributed by atoms with Crippen molar-refractivity contribution in [2.24, 2.45) is 0 Å². The summed E-state index contributed by atoms with van der Waals surface area (Å²) in [5, 5.41) is 0. The monoisotopic (exact) mass is 286 g/mol. The number of thiophene rings is 1. The first-order valence-corrected chi connectivity index (χ1v) is 7.33. The topological polar surface area (TPSA) is 72.2 Å². The predicted octanol–water partition coefficient (Wildman–Crippen LogP) is 2.58. The highest BCUT2D eigenvalue weighted by molar-refractivity contribution is 7.94. The Bertz CT molecular complexity index is 680. The highest BCUT2D eigenvalue weighted by atomic mass is 32.2. The summed E-state index contributed by atoms with van der Waals surface area (Å²) < 4.78 is 39.5. The van der Waals surface area contributed by atoms with Crippen molar-refractivity contribution >= 4 is 32.7 Å². The van der Waals surface area contributed by atoms with Gasteiger partial charge in [0, 0.05) is 10.9 Å². The van der Waals surface area contributed by atoms with E-state index in [2.05, 4.69) is 4.72 Å². The van der Waals surface area contributed by atoms with Crippen LogP contribution in [0, 0.1) is 12.7 Å². The largest absolute Gasteiger partial charge is 0.397 e. The molecule has 7 heteroatoms. The zero-order valence-corrected chi connectivity index (χ0v) is 11.1. The van der Waals surface area contributed by atoms with Crippen molar-refractivity contribution < 1.29 is 12.8 Å². The van der Waals surface area contributed by atoms with E-state index in [1.54, 1.807) is 13.0 Å². The van der Waals surface area contributed by atoms with Crippen LogP contribution >= 0.6 is 11.3 Å². The molecule has 0 saturated carbocycles. The molecule has 4 nitrogen and oxygen atoms in total. The molecule has 0 amide bonds. The maximum absolute atomic E-state index is 13.0. The maximum Gasteiger partial charge on any atom is 0.271 e. The van der Waals surface area contributed by atoms with Crippen LogP contribution in [-0.2, 0) is 10.0 Å². The molecule has 3 N–H and O–H groups in total. The van der Waals surface area contributed by atoms with Crippen LogP contribution in [0.25, 0.3) is 0 Å². The Kier molecular flexibility index (Phi) is 3.27.